The Labute approximate surface area is 126 Å². The van der Waals surface area contributed by atoms with Crippen molar-refractivity contribution in [1.82, 2.24) is 0 Å². The number of para-hydroxylation sites is 1. The first-order valence-corrected chi connectivity index (χ1v) is 7.88. The first-order chi connectivity index (χ1) is 10.4. The predicted octanol–water partition coefficient (Wildman–Crippen LogP) is 4.99. The zero-order valence-corrected chi connectivity index (χ0v) is 12.3. The Balaban J connectivity index is 2.09. The van der Waals surface area contributed by atoms with Crippen LogP contribution in [-0.4, -0.2) is 6.08 Å². The summed E-state index contributed by atoms with van der Waals surface area (Å²) in [6.45, 7) is 0. The number of carbonyl (C=O) groups excluding carboxylic acids is 1. The van der Waals surface area contributed by atoms with Gasteiger partial charge in [-0.2, -0.15) is 4.99 Å². The minimum Gasteiger partial charge on any atom is -0.211 e. The summed E-state index contributed by atoms with van der Waals surface area (Å²) in [7, 11) is 0. The summed E-state index contributed by atoms with van der Waals surface area (Å²) >= 11 is 0. The molecule has 1 saturated carbocycles. The van der Waals surface area contributed by atoms with Gasteiger partial charge in [0.05, 0.1) is 5.69 Å². The van der Waals surface area contributed by atoms with Crippen LogP contribution in [0.5, 0.6) is 0 Å². The van der Waals surface area contributed by atoms with Crippen molar-refractivity contribution in [2.45, 2.75) is 43.9 Å². The molecule has 0 heterocycles. The van der Waals surface area contributed by atoms with E-state index in [2.05, 4.69) is 41.4 Å². The molecule has 1 unspecified atom stereocenters. The number of benzene rings is 1. The molecule has 1 atom stereocenters. The molecule has 2 aliphatic carbocycles. The smallest absolute Gasteiger partial charge is 0.211 e. The number of hydrogen-bond donors (Lipinski definition) is 0. The topological polar surface area (TPSA) is 29.4 Å². The Morgan fingerprint density at radius 3 is 2.62 bits per heavy atom. The summed E-state index contributed by atoms with van der Waals surface area (Å²) in [5.74, 6) is 0.635. The summed E-state index contributed by atoms with van der Waals surface area (Å²) in [4.78, 5) is 14.7. The number of rotatable bonds is 3. The third-order valence-electron chi connectivity index (χ3n) is 5.00. The Morgan fingerprint density at radius 1 is 1.10 bits per heavy atom. The van der Waals surface area contributed by atoms with Crippen molar-refractivity contribution in [3.8, 4) is 0 Å². The van der Waals surface area contributed by atoms with Gasteiger partial charge in [-0.15, -0.1) is 0 Å². The van der Waals surface area contributed by atoms with Gasteiger partial charge in [0, 0.05) is 5.41 Å². The Kier molecular flexibility index (Phi) is 4.17. The highest BCUT2D eigenvalue weighted by atomic mass is 16.1. The summed E-state index contributed by atoms with van der Waals surface area (Å²) in [6, 6.07) is 8.05. The van der Waals surface area contributed by atoms with Gasteiger partial charge in [0.25, 0.3) is 0 Å². The fourth-order valence-electron chi connectivity index (χ4n) is 3.99. The molecule has 1 aromatic carbocycles. The molecule has 0 amide bonds. The van der Waals surface area contributed by atoms with E-state index >= 15 is 0 Å². The summed E-state index contributed by atoms with van der Waals surface area (Å²) in [5, 5.41) is 0. The van der Waals surface area contributed by atoms with Gasteiger partial charge in [0.15, 0.2) is 0 Å². The number of aliphatic imine (C=N–C) groups is 1. The number of allylic oxidation sites excluding steroid dienone is 4. The molecule has 1 aromatic rings. The SMILES string of the molecule is O=C=Nc1ccccc1C1(C2CCCCC2)C=CC=CC1. The fourth-order valence-corrected chi connectivity index (χ4v) is 3.99. The molecule has 0 spiro atoms. The first-order valence-electron chi connectivity index (χ1n) is 7.88. The van der Waals surface area contributed by atoms with Crippen molar-refractivity contribution in [3.05, 3.63) is 54.1 Å². The quantitative estimate of drug-likeness (QED) is 0.566. The Bertz CT molecular complexity index is 604. The van der Waals surface area contributed by atoms with Crippen LogP contribution in [0.2, 0.25) is 0 Å². The van der Waals surface area contributed by atoms with E-state index in [4.69, 9.17) is 0 Å². The Morgan fingerprint density at radius 2 is 1.90 bits per heavy atom. The number of nitrogens with zero attached hydrogens (tertiary/aromatic N) is 1. The zero-order chi connectivity index (χ0) is 14.5. The van der Waals surface area contributed by atoms with Crippen molar-refractivity contribution in [2.24, 2.45) is 10.9 Å². The minimum atomic E-state index is -0.00782. The normalized spacial score (nSPS) is 25.5. The monoisotopic (exact) mass is 279 g/mol. The molecule has 0 aromatic heterocycles. The van der Waals surface area contributed by atoms with Crippen LogP contribution < -0.4 is 0 Å². The highest BCUT2D eigenvalue weighted by Crippen LogP contribution is 2.48. The average molecular weight is 279 g/mol. The lowest BCUT2D eigenvalue weighted by atomic mass is 9.62. The van der Waals surface area contributed by atoms with E-state index < -0.39 is 0 Å². The van der Waals surface area contributed by atoms with Crippen LogP contribution in [0.4, 0.5) is 5.69 Å². The standard InChI is InChI=1S/C19H21NO/c21-15-20-18-12-6-5-11-17(18)19(13-7-2-8-14-19)16-9-3-1-4-10-16/h2,5-8,11-13,16H,1,3-4,9-10,14H2. The third-order valence-corrected chi connectivity index (χ3v) is 5.00. The predicted molar refractivity (Wildman–Crippen MR) is 85.4 cm³/mol. The lowest BCUT2D eigenvalue weighted by Gasteiger charge is -2.42. The highest BCUT2D eigenvalue weighted by Gasteiger charge is 2.39. The van der Waals surface area contributed by atoms with Crippen molar-refractivity contribution in [3.63, 3.8) is 0 Å². The number of isocyanates is 1. The summed E-state index contributed by atoms with van der Waals surface area (Å²) < 4.78 is 0. The van der Waals surface area contributed by atoms with Crippen LogP contribution in [-0.2, 0) is 10.2 Å². The van der Waals surface area contributed by atoms with E-state index in [1.807, 2.05) is 12.1 Å². The van der Waals surface area contributed by atoms with E-state index in [0.717, 1.165) is 12.1 Å². The second-order valence-corrected chi connectivity index (χ2v) is 6.09. The lowest BCUT2D eigenvalue weighted by Crippen LogP contribution is -2.35. The second-order valence-electron chi connectivity index (χ2n) is 6.09. The van der Waals surface area contributed by atoms with Gasteiger partial charge in [-0.1, -0.05) is 61.8 Å². The molecule has 0 N–H and O–H groups in total. The molecular formula is C19H21NO. The van der Waals surface area contributed by atoms with Gasteiger partial charge < -0.3 is 0 Å². The molecule has 0 saturated heterocycles. The van der Waals surface area contributed by atoms with Crippen molar-refractivity contribution >= 4 is 11.8 Å². The molecule has 1 fully saturated rings. The van der Waals surface area contributed by atoms with Crippen LogP contribution in [0.25, 0.3) is 0 Å². The van der Waals surface area contributed by atoms with Crippen molar-refractivity contribution in [2.75, 3.05) is 0 Å². The second kappa shape index (κ2) is 6.24. The maximum absolute atomic E-state index is 10.8. The average Bonchev–Trinajstić information content (AvgIpc) is 2.57. The summed E-state index contributed by atoms with van der Waals surface area (Å²) in [6.07, 6.45) is 18.1. The van der Waals surface area contributed by atoms with E-state index in [1.165, 1.54) is 37.7 Å². The van der Waals surface area contributed by atoms with Crippen LogP contribution in [0, 0.1) is 5.92 Å². The molecule has 0 bridgehead atoms. The molecule has 108 valence electrons. The molecule has 3 rings (SSSR count). The van der Waals surface area contributed by atoms with Gasteiger partial charge in [-0.25, -0.2) is 4.79 Å². The molecule has 0 aliphatic heterocycles. The van der Waals surface area contributed by atoms with Crippen LogP contribution in [0.3, 0.4) is 0 Å². The lowest BCUT2D eigenvalue weighted by molar-refractivity contribution is 0.245. The van der Waals surface area contributed by atoms with Crippen LogP contribution >= 0.6 is 0 Å². The molecule has 21 heavy (non-hydrogen) atoms. The van der Waals surface area contributed by atoms with Gasteiger partial charge in [0.2, 0.25) is 6.08 Å². The van der Waals surface area contributed by atoms with Crippen LogP contribution in [0.1, 0.15) is 44.1 Å². The largest absolute Gasteiger partial charge is 0.240 e. The fraction of sp³-hybridized carbons (Fsp3) is 0.421. The first kappa shape index (κ1) is 14.0. The van der Waals surface area contributed by atoms with E-state index in [-0.39, 0.29) is 5.41 Å². The molecule has 2 heteroatoms. The van der Waals surface area contributed by atoms with Crippen molar-refractivity contribution in [1.29, 1.82) is 0 Å². The van der Waals surface area contributed by atoms with Crippen molar-refractivity contribution < 1.29 is 4.79 Å². The zero-order valence-electron chi connectivity index (χ0n) is 12.3. The van der Waals surface area contributed by atoms with Gasteiger partial charge in [-0.3, -0.25) is 0 Å². The van der Waals surface area contributed by atoms with E-state index in [1.54, 1.807) is 6.08 Å². The molecular weight excluding hydrogens is 258 g/mol. The number of hydrogen-bond acceptors (Lipinski definition) is 2. The molecule has 2 aliphatic rings. The summed E-state index contributed by atoms with van der Waals surface area (Å²) in [5.41, 5.74) is 1.95. The van der Waals surface area contributed by atoms with E-state index in [9.17, 15) is 4.79 Å². The van der Waals surface area contributed by atoms with Crippen LogP contribution in [0.15, 0.2) is 53.6 Å². The third kappa shape index (κ3) is 2.64. The maximum atomic E-state index is 10.8. The van der Waals surface area contributed by atoms with E-state index in [0.29, 0.717) is 5.92 Å². The van der Waals surface area contributed by atoms with Gasteiger partial charge >= 0.3 is 0 Å². The Hall–Kier alpha value is -1.92. The highest BCUT2D eigenvalue weighted by molar-refractivity contribution is 5.58. The van der Waals surface area contributed by atoms with Gasteiger partial charge in [0.1, 0.15) is 0 Å². The molecule has 0 radical (unpaired) electrons. The molecule has 2 nitrogen and oxygen atoms in total. The maximum Gasteiger partial charge on any atom is 0.240 e. The van der Waals surface area contributed by atoms with Gasteiger partial charge in [-0.05, 0) is 36.8 Å². The minimum absolute atomic E-state index is 0.00782.